The molecule has 1 atom stereocenters. The maximum Gasteiger partial charge on any atom is 0.165 e. The van der Waals surface area contributed by atoms with Gasteiger partial charge < -0.3 is 5.73 Å². The normalized spacial score (nSPS) is 12.9. The molecule has 1 rings (SSSR count). The molecule has 0 saturated heterocycles. The van der Waals surface area contributed by atoms with Gasteiger partial charge >= 0.3 is 0 Å². The first-order valence-corrected chi connectivity index (χ1v) is 5.22. The van der Waals surface area contributed by atoms with Crippen molar-refractivity contribution >= 4 is 5.78 Å². The van der Waals surface area contributed by atoms with Crippen LogP contribution in [0.25, 0.3) is 0 Å². The van der Waals surface area contributed by atoms with Crippen LogP contribution in [0.15, 0.2) is 18.3 Å². The summed E-state index contributed by atoms with van der Waals surface area (Å²) in [6, 6.07) is 3.57. The number of pyridine rings is 1. The Hall–Kier alpha value is -1.22. The fraction of sp³-hybridized carbons (Fsp3) is 0.500. The van der Waals surface area contributed by atoms with Gasteiger partial charge in [-0.2, -0.15) is 0 Å². The van der Waals surface area contributed by atoms with Crippen molar-refractivity contribution in [3.8, 4) is 0 Å². The van der Waals surface area contributed by atoms with E-state index in [2.05, 4.69) is 4.98 Å². The summed E-state index contributed by atoms with van der Waals surface area (Å²) >= 11 is 0. The average Bonchev–Trinajstić information content (AvgIpc) is 2.18. The Morgan fingerprint density at radius 2 is 2.13 bits per heavy atom. The predicted octanol–water partition coefficient (Wildman–Crippen LogP) is 1.95. The van der Waals surface area contributed by atoms with E-state index in [-0.39, 0.29) is 11.8 Å². The number of rotatable bonds is 4. The van der Waals surface area contributed by atoms with Crippen molar-refractivity contribution in [2.24, 2.45) is 11.7 Å². The standard InChI is InChI=1S/C12H18N2O/c1-8(2)11(13)6-12(15)10-5-4-9(3)14-7-10/h4-5,7-8,11H,6,13H2,1-3H3. The predicted molar refractivity (Wildman–Crippen MR) is 60.7 cm³/mol. The second-order valence-electron chi connectivity index (χ2n) is 4.22. The Morgan fingerprint density at radius 1 is 1.47 bits per heavy atom. The molecule has 0 radical (unpaired) electrons. The first kappa shape index (κ1) is 11.9. The number of Topliss-reactive ketones (excluding diaryl/α,β-unsaturated/α-hetero) is 1. The molecule has 0 saturated carbocycles. The molecule has 82 valence electrons. The third-order valence-corrected chi connectivity index (χ3v) is 2.51. The van der Waals surface area contributed by atoms with E-state index in [1.807, 2.05) is 26.8 Å². The molecule has 1 heterocycles. The van der Waals surface area contributed by atoms with Gasteiger partial charge in [0.1, 0.15) is 0 Å². The molecule has 1 aromatic rings. The first-order chi connectivity index (χ1) is 7.00. The fourth-order valence-corrected chi connectivity index (χ4v) is 1.20. The SMILES string of the molecule is Cc1ccc(C(=O)CC(N)C(C)C)cn1. The second kappa shape index (κ2) is 5.03. The summed E-state index contributed by atoms with van der Waals surface area (Å²) in [5.41, 5.74) is 7.41. The average molecular weight is 206 g/mol. The Bertz CT molecular complexity index is 330. The number of ketones is 1. The largest absolute Gasteiger partial charge is 0.327 e. The van der Waals surface area contributed by atoms with E-state index in [9.17, 15) is 4.79 Å². The van der Waals surface area contributed by atoms with Gasteiger partial charge in [-0.1, -0.05) is 13.8 Å². The highest BCUT2D eigenvalue weighted by Gasteiger charge is 2.14. The van der Waals surface area contributed by atoms with Gasteiger partial charge in [0.05, 0.1) is 0 Å². The number of aromatic nitrogens is 1. The van der Waals surface area contributed by atoms with E-state index in [0.717, 1.165) is 5.69 Å². The highest BCUT2D eigenvalue weighted by atomic mass is 16.1. The summed E-state index contributed by atoms with van der Waals surface area (Å²) in [7, 11) is 0. The van der Waals surface area contributed by atoms with Crippen LogP contribution in [-0.2, 0) is 0 Å². The van der Waals surface area contributed by atoms with Crippen molar-refractivity contribution in [3.05, 3.63) is 29.6 Å². The van der Waals surface area contributed by atoms with Crippen LogP contribution in [0, 0.1) is 12.8 Å². The number of hydrogen-bond acceptors (Lipinski definition) is 3. The van der Waals surface area contributed by atoms with Gasteiger partial charge in [-0.15, -0.1) is 0 Å². The van der Waals surface area contributed by atoms with E-state index >= 15 is 0 Å². The van der Waals surface area contributed by atoms with Crippen LogP contribution < -0.4 is 5.73 Å². The topological polar surface area (TPSA) is 56.0 Å². The highest BCUT2D eigenvalue weighted by Crippen LogP contribution is 2.09. The molecule has 0 spiro atoms. The zero-order chi connectivity index (χ0) is 11.4. The van der Waals surface area contributed by atoms with Crippen molar-refractivity contribution in [2.75, 3.05) is 0 Å². The summed E-state index contributed by atoms with van der Waals surface area (Å²) in [6.07, 6.45) is 2.01. The van der Waals surface area contributed by atoms with Gasteiger partial charge in [-0.05, 0) is 25.0 Å². The highest BCUT2D eigenvalue weighted by molar-refractivity contribution is 5.96. The van der Waals surface area contributed by atoms with E-state index < -0.39 is 0 Å². The molecule has 0 fully saturated rings. The maximum absolute atomic E-state index is 11.8. The van der Waals surface area contributed by atoms with Gasteiger partial charge in [0.2, 0.25) is 0 Å². The molecular weight excluding hydrogens is 188 g/mol. The lowest BCUT2D eigenvalue weighted by molar-refractivity contribution is 0.0967. The van der Waals surface area contributed by atoms with Gasteiger partial charge in [0.25, 0.3) is 0 Å². The third-order valence-electron chi connectivity index (χ3n) is 2.51. The summed E-state index contributed by atoms with van der Waals surface area (Å²) in [5.74, 6) is 0.399. The third kappa shape index (κ3) is 3.44. The minimum atomic E-state index is -0.0706. The molecule has 1 unspecified atom stereocenters. The molecule has 0 amide bonds. The molecule has 0 aliphatic carbocycles. The Labute approximate surface area is 90.7 Å². The zero-order valence-corrected chi connectivity index (χ0v) is 9.53. The number of hydrogen-bond donors (Lipinski definition) is 1. The Morgan fingerprint density at radius 3 is 2.60 bits per heavy atom. The second-order valence-corrected chi connectivity index (χ2v) is 4.22. The van der Waals surface area contributed by atoms with Gasteiger partial charge in [0.15, 0.2) is 5.78 Å². The van der Waals surface area contributed by atoms with Crippen LogP contribution in [0.2, 0.25) is 0 Å². The van der Waals surface area contributed by atoms with Crippen molar-refractivity contribution in [2.45, 2.75) is 33.2 Å². The van der Waals surface area contributed by atoms with Crippen molar-refractivity contribution in [1.82, 2.24) is 4.98 Å². The molecule has 15 heavy (non-hydrogen) atoms. The van der Waals surface area contributed by atoms with Crippen LogP contribution in [0.3, 0.4) is 0 Å². The summed E-state index contributed by atoms with van der Waals surface area (Å²) in [4.78, 5) is 15.8. The zero-order valence-electron chi connectivity index (χ0n) is 9.53. The van der Waals surface area contributed by atoms with Crippen molar-refractivity contribution < 1.29 is 4.79 Å². The molecule has 0 aliphatic rings. The van der Waals surface area contributed by atoms with E-state index in [1.165, 1.54) is 0 Å². The van der Waals surface area contributed by atoms with E-state index in [0.29, 0.717) is 17.9 Å². The monoisotopic (exact) mass is 206 g/mol. The molecular formula is C12H18N2O. The van der Waals surface area contributed by atoms with E-state index in [1.54, 1.807) is 12.3 Å². The minimum Gasteiger partial charge on any atom is -0.327 e. The lowest BCUT2D eigenvalue weighted by Crippen LogP contribution is -2.29. The number of aryl methyl sites for hydroxylation is 1. The molecule has 3 nitrogen and oxygen atoms in total. The minimum absolute atomic E-state index is 0.0706. The number of nitrogens with zero attached hydrogens (tertiary/aromatic N) is 1. The van der Waals surface area contributed by atoms with Gasteiger partial charge in [-0.25, -0.2) is 0 Å². The maximum atomic E-state index is 11.8. The van der Waals surface area contributed by atoms with Crippen LogP contribution in [0.4, 0.5) is 0 Å². The van der Waals surface area contributed by atoms with Crippen molar-refractivity contribution in [3.63, 3.8) is 0 Å². The van der Waals surface area contributed by atoms with Gasteiger partial charge in [-0.3, -0.25) is 9.78 Å². The molecule has 0 aliphatic heterocycles. The summed E-state index contributed by atoms with van der Waals surface area (Å²) in [6.45, 7) is 5.94. The molecule has 1 aromatic heterocycles. The van der Waals surface area contributed by atoms with Crippen LogP contribution in [0.5, 0.6) is 0 Å². The van der Waals surface area contributed by atoms with Crippen LogP contribution >= 0.6 is 0 Å². The van der Waals surface area contributed by atoms with Crippen LogP contribution in [0.1, 0.15) is 36.3 Å². The van der Waals surface area contributed by atoms with Gasteiger partial charge in [0, 0.05) is 29.9 Å². The lowest BCUT2D eigenvalue weighted by atomic mass is 9.97. The number of carbonyl (C=O) groups is 1. The summed E-state index contributed by atoms with van der Waals surface area (Å²) < 4.78 is 0. The number of nitrogens with two attached hydrogens (primary N) is 1. The molecule has 0 aromatic carbocycles. The quantitative estimate of drug-likeness (QED) is 0.766. The Kier molecular flexibility index (Phi) is 3.97. The lowest BCUT2D eigenvalue weighted by Gasteiger charge is -2.14. The molecule has 0 bridgehead atoms. The summed E-state index contributed by atoms with van der Waals surface area (Å²) in [5, 5.41) is 0. The molecule has 2 N–H and O–H groups in total. The fourth-order valence-electron chi connectivity index (χ4n) is 1.20. The molecule has 3 heteroatoms. The smallest absolute Gasteiger partial charge is 0.165 e. The first-order valence-electron chi connectivity index (χ1n) is 5.22. The van der Waals surface area contributed by atoms with Crippen LogP contribution in [-0.4, -0.2) is 16.8 Å². The Balaban J connectivity index is 2.65. The van der Waals surface area contributed by atoms with Crippen molar-refractivity contribution in [1.29, 1.82) is 0 Å². The van der Waals surface area contributed by atoms with E-state index in [4.69, 9.17) is 5.73 Å². The number of carbonyl (C=O) groups excluding carboxylic acids is 1.